The molecule has 3 nitrogen and oxygen atoms in total. The third-order valence-corrected chi connectivity index (χ3v) is 6.72. The molecule has 28 heavy (non-hydrogen) atoms. The Morgan fingerprint density at radius 2 is 1.93 bits per heavy atom. The van der Waals surface area contributed by atoms with Gasteiger partial charge in [-0.2, -0.15) is 0 Å². The van der Waals surface area contributed by atoms with E-state index in [1.54, 1.807) is 11.3 Å². The maximum atomic E-state index is 4.89. The molecule has 4 rings (SSSR count). The molecule has 0 aliphatic rings. The number of hydrogen-bond acceptors (Lipinski definition) is 4. The van der Waals surface area contributed by atoms with E-state index in [0.29, 0.717) is 0 Å². The van der Waals surface area contributed by atoms with Crippen LogP contribution < -0.4 is 0 Å². The van der Waals surface area contributed by atoms with E-state index in [9.17, 15) is 0 Å². The SMILES string of the molecule is CN(C)CCc1c[nH]c2ccc(-c3nc(CCSc4ccccc4)cs3)cc12. The lowest BCUT2D eigenvalue weighted by atomic mass is 10.1. The summed E-state index contributed by atoms with van der Waals surface area (Å²) in [6.07, 6.45) is 4.19. The molecule has 0 spiro atoms. The average molecular weight is 408 g/mol. The zero-order chi connectivity index (χ0) is 19.3. The van der Waals surface area contributed by atoms with E-state index in [1.807, 2.05) is 11.8 Å². The minimum absolute atomic E-state index is 0.997. The van der Waals surface area contributed by atoms with E-state index in [2.05, 4.69) is 84.1 Å². The zero-order valence-corrected chi connectivity index (χ0v) is 17.9. The van der Waals surface area contributed by atoms with E-state index in [1.165, 1.54) is 32.6 Å². The van der Waals surface area contributed by atoms with Crippen molar-refractivity contribution in [2.75, 3.05) is 26.4 Å². The average Bonchev–Trinajstić information content (AvgIpc) is 3.34. The molecule has 2 aromatic carbocycles. The Morgan fingerprint density at radius 3 is 2.75 bits per heavy atom. The Labute approximate surface area is 174 Å². The van der Waals surface area contributed by atoms with Gasteiger partial charge in [0, 0.05) is 45.2 Å². The van der Waals surface area contributed by atoms with Crippen molar-refractivity contribution in [1.82, 2.24) is 14.9 Å². The first kappa shape index (κ1) is 19.2. The smallest absolute Gasteiger partial charge is 0.123 e. The van der Waals surface area contributed by atoms with Crippen LogP contribution in [-0.4, -0.2) is 41.3 Å². The Morgan fingerprint density at radius 1 is 1.07 bits per heavy atom. The standard InChI is InChI=1S/C23H25N3S2/c1-26(2)12-10-18-15-24-22-9-8-17(14-21(18)22)23-25-19(16-28-23)11-13-27-20-6-4-3-5-7-20/h3-9,14-16,24H,10-13H2,1-2H3. The molecule has 0 radical (unpaired) electrons. The molecular weight excluding hydrogens is 382 g/mol. The van der Waals surface area contributed by atoms with Crippen LogP contribution in [-0.2, 0) is 12.8 Å². The third kappa shape index (κ3) is 4.66. The molecular formula is C23H25N3S2. The first-order valence-corrected chi connectivity index (χ1v) is 11.4. The molecule has 1 N–H and O–H groups in total. The van der Waals surface area contributed by atoms with E-state index in [-0.39, 0.29) is 0 Å². The van der Waals surface area contributed by atoms with Gasteiger partial charge in [0.15, 0.2) is 0 Å². The monoisotopic (exact) mass is 407 g/mol. The predicted octanol–water partition coefficient (Wildman–Crippen LogP) is 5.73. The number of benzene rings is 2. The predicted molar refractivity (Wildman–Crippen MR) is 123 cm³/mol. The van der Waals surface area contributed by atoms with E-state index in [0.717, 1.165) is 30.1 Å². The van der Waals surface area contributed by atoms with Crippen LogP contribution in [0.2, 0.25) is 0 Å². The maximum Gasteiger partial charge on any atom is 0.123 e. The lowest BCUT2D eigenvalue weighted by Crippen LogP contribution is -2.14. The number of thioether (sulfide) groups is 1. The van der Waals surface area contributed by atoms with Crippen molar-refractivity contribution < 1.29 is 0 Å². The second-order valence-electron chi connectivity index (χ2n) is 7.18. The van der Waals surface area contributed by atoms with Crippen molar-refractivity contribution >= 4 is 34.0 Å². The molecule has 0 aliphatic heterocycles. The minimum atomic E-state index is 0.997. The van der Waals surface area contributed by atoms with Crippen LogP contribution in [0.3, 0.4) is 0 Å². The molecule has 4 aromatic rings. The molecule has 2 aromatic heterocycles. The summed E-state index contributed by atoms with van der Waals surface area (Å²) in [6, 6.07) is 17.2. The lowest BCUT2D eigenvalue weighted by Gasteiger charge is -2.08. The molecule has 0 unspecified atom stereocenters. The van der Waals surface area contributed by atoms with Crippen LogP contribution in [0.4, 0.5) is 0 Å². The molecule has 0 amide bonds. The second-order valence-corrected chi connectivity index (χ2v) is 9.21. The Hall–Kier alpha value is -2.08. The van der Waals surface area contributed by atoms with Gasteiger partial charge < -0.3 is 9.88 Å². The van der Waals surface area contributed by atoms with Gasteiger partial charge >= 0.3 is 0 Å². The van der Waals surface area contributed by atoms with Crippen LogP contribution in [0.5, 0.6) is 0 Å². The summed E-state index contributed by atoms with van der Waals surface area (Å²) in [4.78, 5) is 11.8. The van der Waals surface area contributed by atoms with Gasteiger partial charge in [0.05, 0.1) is 5.69 Å². The Balaban J connectivity index is 1.45. The van der Waals surface area contributed by atoms with Crippen molar-refractivity contribution in [2.24, 2.45) is 0 Å². The fourth-order valence-electron chi connectivity index (χ4n) is 3.21. The Bertz CT molecular complexity index is 1030. The first-order chi connectivity index (χ1) is 13.7. The number of aromatic amines is 1. The molecule has 0 saturated heterocycles. The summed E-state index contributed by atoms with van der Waals surface area (Å²) in [5, 5.41) is 4.63. The number of H-pyrrole nitrogens is 1. The quantitative estimate of drug-likeness (QED) is 0.379. The molecule has 0 atom stereocenters. The van der Waals surface area contributed by atoms with Crippen molar-refractivity contribution in [3.8, 4) is 10.6 Å². The van der Waals surface area contributed by atoms with Gasteiger partial charge in [0.25, 0.3) is 0 Å². The number of rotatable bonds is 8. The van der Waals surface area contributed by atoms with Gasteiger partial charge in [-0.3, -0.25) is 0 Å². The van der Waals surface area contributed by atoms with E-state index < -0.39 is 0 Å². The molecule has 0 bridgehead atoms. The summed E-state index contributed by atoms with van der Waals surface area (Å²) in [7, 11) is 4.24. The maximum absolute atomic E-state index is 4.89. The summed E-state index contributed by atoms with van der Waals surface area (Å²) >= 11 is 3.63. The van der Waals surface area contributed by atoms with Crippen LogP contribution in [0, 0.1) is 0 Å². The molecule has 0 fully saturated rings. The number of fused-ring (bicyclic) bond motifs is 1. The summed E-state index contributed by atoms with van der Waals surface area (Å²) < 4.78 is 0. The highest BCUT2D eigenvalue weighted by atomic mass is 32.2. The summed E-state index contributed by atoms with van der Waals surface area (Å²) in [5.74, 6) is 1.05. The molecule has 5 heteroatoms. The fraction of sp³-hybridized carbons (Fsp3) is 0.261. The molecule has 144 valence electrons. The van der Waals surface area contributed by atoms with Gasteiger partial charge in [-0.05, 0) is 62.8 Å². The Kier molecular flexibility index (Phi) is 6.15. The number of nitrogens with one attached hydrogen (secondary N) is 1. The number of likely N-dealkylation sites (N-methyl/N-ethyl adjacent to an activating group) is 1. The van der Waals surface area contributed by atoms with Crippen molar-refractivity contribution in [3.05, 3.63) is 71.4 Å². The van der Waals surface area contributed by atoms with Crippen LogP contribution in [0.1, 0.15) is 11.3 Å². The van der Waals surface area contributed by atoms with Crippen molar-refractivity contribution in [2.45, 2.75) is 17.7 Å². The highest BCUT2D eigenvalue weighted by Gasteiger charge is 2.09. The topological polar surface area (TPSA) is 31.9 Å². The second kappa shape index (κ2) is 8.95. The number of aryl methyl sites for hydroxylation is 1. The highest BCUT2D eigenvalue weighted by molar-refractivity contribution is 7.99. The highest BCUT2D eigenvalue weighted by Crippen LogP contribution is 2.29. The van der Waals surface area contributed by atoms with Crippen molar-refractivity contribution in [3.63, 3.8) is 0 Å². The summed E-state index contributed by atoms with van der Waals surface area (Å²) in [5.41, 5.74) is 4.98. The third-order valence-electron chi connectivity index (χ3n) is 4.76. The van der Waals surface area contributed by atoms with Gasteiger partial charge in [-0.15, -0.1) is 23.1 Å². The van der Waals surface area contributed by atoms with Gasteiger partial charge in [-0.25, -0.2) is 4.98 Å². The van der Waals surface area contributed by atoms with Gasteiger partial charge in [-0.1, -0.05) is 18.2 Å². The fourth-order valence-corrected chi connectivity index (χ4v) is 4.95. The number of thiazole rings is 1. The number of hydrogen-bond donors (Lipinski definition) is 1. The zero-order valence-electron chi connectivity index (χ0n) is 16.3. The van der Waals surface area contributed by atoms with Crippen LogP contribution in [0.15, 0.2) is 65.0 Å². The number of aromatic nitrogens is 2. The number of nitrogens with zero attached hydrogens (tertiary/aromatic N) is 2. The molecule has 2 heterocycles. The van der Waals surface area contributed by atoms with E-state index in [4.69, 9.17) is 4.98 Å². The van der Waals surface area contributed by atoms with Gasteiger partial charge in [0.1, 0.15) is 5.01 Å². The summed E-state index contributed by atoms with van der Waals surface area (Å²) in [6.45, 7) is 1.05. The van der Waals surface area contributed by atoms with Crippen molar-refractivity contribution in [1.29, 1.82) is 0 Å². The molecule has 0 saturated carbocycles. The van der Waals surface area contributed by atoms with Gasteiger partial charge in [0.2, 0.25) is 0 Å². The largest absolute Gasteiger partial charge is 0.361 e. The minimum Gasteiger partial charge on any atom is -0.361 e. The normalized spacial score (nSPS) is 11.5. The van der Waals surface area contributed by atoms with E-state index >= 15 is 0 Å². The van der Waals surface area contributed by atoms with Crippen LogP contribution in [0.25, 0.3) is 21.5 Å². The first-order valence-electron chi connectivity index (χ1n) is 9.56. The van der Waals surface area contributed by atoms with Crippen LogP contribution >= 0.6 is 23.1 Å². The molecule has 0 aliphatic carbocycles. The lowest BCUT2D eigenvalue weighted by molar-refractivity contribution is 0.414.